The van der Waals surface area contributed by atoms with E-state index >= 15 is 0 Å². The number of rotatable bonds is 6. The topological polar surface area (TPSA) is 108 Å². The SMILES string of the molecule is O=C(O)COc1ccc(-c2nc3cnc(Oc4ccccc4F)nc3o2)cc1Cl. The molecule has 0 aliphatic carbocycles. The monoisotopic (exact) mass is 415 g/mol. The average Bonchev–Trinajstić information content (AvgIpc) is 3.12. The molecule has 2 aromatic heterocycles. The maximum absolute atomic E-state index is 13.7. The minimum absolute atomic E-state index is 0.0182. The van der Waals surface area contributed by atoms with E-state index in [0.717, 1.165) is 0 Å². The Balaban J connectivity index is 1.60. The van der Waals surface area contributed by atoms with Crippen LogP contribution in [0.5, 0.6) is 17.5 Å². The smallest absolute Gasteiger partial charge is 0.341 e. The second kappa shape index (κ2) is 7.72. The molecule has 0 spiro atoms. The van der Waals surface area contributed by atoms with Crippen molar-refractivity contribution in [2.24, 2.45) is 0 Å². The summed E-state index contributed by atoms with van der Waals surface area (Å²) >= 11 is 6.12. The van der Waals surface area contributed by atoms with Gasteiger partial charge in [0.05, 0.1) is 11.2 Å². The number of para-hydroxylation sites is 1. The van der Waals surface area contributed by atoms with Crippen LogP contribution >= 0.6 is 11.6 Å². The van der Waals surface area contributed by atoms with E-state index in [9.17, 15) is 9.18 Å². The van der Waals surface area contributed by atoms with Crippen LogP contribution in [0.4, 0.5) is 4.39 Å². The number of hydrogen-bond acceptors (Lipinski definition) is 7. The first-order valence-electron chi connectivity index (χ1n) is 8.20. The minimum Gasteiger partial charge on any atom is -0.480 e. The second-order valence-electron chi connectivity index (χ2n) is 5.72. The Morgan fingerprint density at radius 3 is 2.76 bits per heavy atom. The molecule has 4 rings (SSSR count). The molecule has 10 heteroatoms. The predicted octanol–water partition coefficient (Wildman–Crippen LogP) is 4.33. The van der Waals surface area contributed by atoms with Crippen molar-refractivity contribution >= 4 is 28.8 Å². The number of carboxylic acids is 1. The van der Waals surface area contributed by atoms with Crippen LogP contribution in [-0.2, 0) is 4.79 Å². The van der Waals surface area contributed by atoms with Crippen molar-refractivity contribution in [1.29, 1.82) is 0 Å². The largest absolute Gasteiger partial charge is 0.480 e. The van der Waals surface area contributed by atoms with Crippen molar-refractivity contribution in [3.8, 4) is 29.0 Å². The lowest BCUT2D eigenvalue weighted by Gasteiger charge is -2.06. The summed E-state index contributed by atoms with van der Waals surface area (Å²) in [5.74, 6) is -1.25. The molecule has 2 heterocycles. The van der Waals surface area contributed by atoms with E-state index < -0.39 is 18.4 Å². The summed E-state index contributed by atoms with van der Waals surface area (Å²) in [7, 11) is 0. The van der Waals surface area contributed by atoms with E-state index in [1.54, 1.807) is 12.1 Å². The zero-order chi connectivity index (χ0) is 20.4. The molecule has 0 saturated carbocycles. The normalized spacial score (nSPS) is 10.8. The maximum Gasteiger partial charge on any atom is 0.341 e. The van der Waals surface area contributed by atoms with Crippen LogP contribution < -0.4 is 9.47 Å². The van der Waals surface area contributed by atoms with Crippen molar-refractivity contribution in [3.63, 3.8) is 0 Å². The third-order valence-corrected chi connectivity index (χ3v) is 3.99. The van der Waals surface area contributed by atoms with E-state index in [0.29, 0.717) is 11.1 Å². The number of fused-ring (bicyclic) bond motifs is 1. The molecular weight excluding hydrogens is 405 g/mol. The van der Waals surface area contributed by atoms with Gasteiger partial charge in [0.15, 0.2) is 18.2 Å². The molecule has 0 bridgehead atoms. The molecule has 8 nitrogen and oxygen atoms in total. The predicted molar refractivity (Wildman–Crippen MR) is 99.6 cm³/mol. The van der Waals surface area contributed by atoms with Gasteiger partial charge < -0.3 is 19.0 Å². The number of benzene rings is 2. The summed E-state index contributed by atoms with van der Waals surface area (Å²) < 4.78 is 29.8. The fourth-order valence-electron chi connectivity index (χ4n) is 2.41. The summed E-state index contributed by atoms with van der Waals surface area (Å²) in [4.78, 5) is 23.0. The molecule has 2 aromatic carbocycles. The molecule has 0 atom stereocenters. The summed E-state index contributed by atoms with van der Waals surface area (Å²) in [6, 6.07) is 10.4. The van der Waals surface area contributed by atoms with Crippen molar-refractivity contribution in [1.82, 2.24) is 15.0 Å². The Kier molecular flexibility index (Phi) is 4.96. The highest BCUT2D eigenvalue weighted by molar-refractivity contribution is 6.32. The van der Waals surface area contributed by atoms with Crippen LogP contribution in [0.25, 0.3) is 22.7 Å². The standard InChI is InChI=1S/C19H11ClFN3O5/c20-11-7-10(5-6-14(11)27-9-16(25)26)17-23-13-8-22-19(24-18(13)29-17)28-15-4-2-1-3-12(15)21/h1-8H,9H2,(H,25,26). The number of carbonyl (C=O) groups is 1. The molecule has 4 aromatic rings. The van der Waals surface area contributed by atoms with Crippen LogP contribution in [0.3, 0.4) is 0 Å². The fourth-order valence-corrected chi connectivity index (χ4v) is 2.64. The number of ether oxygens (including phenoxy) is 2. The lowest BCUT2D eigenvalue weighted by atomic mass is 10.2. The zero-order valence-electron chi connectivity index (χ0n) is 14.5. The van der Waals surface area contributed by atoms with Gasteiger partial charge in [0.1, 0.15) is 11.3 Å². The lowest BCUT2D eigenvalue weighted by molar-refractivity contribution is -0.139. The van der Waals surface area contributed by atoms with E-state index in [2.05, 4.69) is 15.0 Å². The second-order valence-corrected chi connectivity index (χ2v) is 6.13. The van der Waals surface area contributed by atoms with Crippen LogP contribution in [0.2, 0.25) is 5.02 Å². The molecule has 1 N–H and O–H groups in total. The van der Waals surface area contributed by atoms with Gasteiger partial charge in [0, 0.05) is 5.56 Å². The lowest BCUT2D eigenvalue weighted by Crippen LogP contribution is -2.09. The van der Waals surface area contributed by atoms with Gasteiger partial charge in [0.2, 0.25) is 5.89 Å². The Labute approximate surface area is 167 Å². The quantitative estimate of drug-likeness (QED) is 0.495. The Morgan fingerprint density at radius 1 is 1.17 bits per heavy atom. The number of aromatic nitrogens is 3. The first kappa shape index (κ1) is 18.6. The molecule has 0 unspecified atom stereocenters. The highest BCUT2D eigenvalue weighted by Crippen LogP contribution is 2.32. The van der Waals surface area contributed by atoms with E-state index in [-0.39, 0.29) is 34.1 Å². The third-order valence-electron chi connectivity index (χ3n) is 3.70. The number of hydrogen-bond donors (Lipinski definition) is 1. The highest BCUT2D eigenvalue weighted by atomic mass is 35.5. The molecule has 0 fully saturated rings. The van der Waals surface area contributed by atoms with Crippen LogP contribution in [0, 0.1) is 5.82 Å². The van der Waals surface area contributed by atoms with Crippen LogP contribution in [0.1, 0.15) is 0 Å². The number of nitrogens with zero attached hydrogens (tertiary/aromatic N) is 3. The van der Waals surface area contributed by atoms with Gasteiger partial charge >= 0.3 is 12.0 Å². The van der Waals surface area contributed by atoms with E-state index in [1.165, 1.54) is 36.5 Å². The summed E-state index contributed by atoms with van der Waals surface area (Å²) in [5.41, 5.74) is 1.03. The third kappa shape index (κ3) is 4.09. The first-order chi connectivity index (χ1) is 14.0. The molecule has 0 saturated heterocycles. The van der Waals surface area contributed by atoms with Crippen molar-refractivity contribution in [2.75, 3.05) is 6.61 Å². The summed E-state index contributed by atoms with van der Waals surface area (Å²) in [6.45, 7) is -0.512. The van der Waals surface area contributed by atoms with Gasteiger partial charge in [-0.05, 0) is 30.3 Å². The number of oxazole rings is 1. The van der Waals surface area contributed by atoms with Gasteiger partial charge in [-0.15, -0.1) is 0 Å². The van der Waals surface area contributed by atoms with Gasteiger partial charge in [-0.1, -0.05) is 23.7 Å². The molecule has 146 valence electrons. The Bertz CT molecular complexity index is 1210. The summed E-state index contributed by atoms with van der Waals surface area (Å²) in [5, 5.41) is 8.87. The van der Waals surface area contributed by atoms with E-state index in [1.807, 2.05) is 0 Å². The molecule has 29 heavy (non-hydrogen) atoms. The Morgan fingerprint density at radius 2 is 2.00 bits per heavy atom. The summed E-state index contributed by atoms with van der Waals surface area (Å²) in [6.07, 6.45) is 1.39. The molecule has 0 amide bonds. The van der Waals surface area contributed by atoms with Gasteiger partial charge in [-0.2, -0.15) is 4.98 Å². The van der Waals surface area contributed by atoms with Gasteiger partial charge in [0.25, 0.3) is 5.71 Å². The van der Waals surface area contributed by atoms with Crippen molar-refractivity contribution < 1.29 is 28.2 Å². The zero-order valence-corrected chi connectivity index (χ0v) is 15.3. The van der Waals surface area contributed by atoms with Gasteiger partial charge in [-0.3, -0.25) is 0 Å². The molecular formula is C19H11ClFN3O5. The maximum atomic E-state index is 13.7. The average molecular weight is 416 g/mol. The van der Waals surface area contributed by atoms with Gasteiger partial charge in [-0.25, -0.2) is 19.2 Å². The van der Waals surface area contributed by atoms with Crippen LogP contribution in [-0.4, -0.2) is 32.6 Å². The fraction of sp³-hybridized carbons (Fsp3) is 0.0526. The molecule has 0 radical (unpaired) electrons. The molecule has 0 aliphatic heterocycles. The minimum atomic E-state index is -1.11. The Hall–Kier alpha value is -3.72. The number of halogens is 2. The number of aliphatic carboxylic acids is 1. The van der Waals surface area contributed by atoms with E-state index in [4.69, 9.17) is 30.6 Å². The van der Waals surface area contributed by atoms with Crippen molar-refractivity contribution in [3.05, 3.63) is 59.5 Å². The molecule has 0 aliphatic rings. The number of carboxylic acid groups (broad SMARTS) is 1. The highest BCUT2D eigenvalue weighted by Gasteiger charge is 2.15. The van der Waals surface area contributed by atoms with Crippen LogP contribution in [0.15, 0.2) is 53.1 Å². The van der Waals surface area contributed by atoms with Crippen molar-refractivity contribution in [2.45, 2.75) is 0 Å². The first-order valence-corrected chi connectivity index (χ1v) is 8.58.